The fourth-order valence-corrected chi connectivity index (χ4v) is 11.7. The molecule has 4 fully saturated rings. The molecule has 0 heterocycles. The van der Waals surface area contributed by atoms with Crippen molar-refractivity contribution in [3.05, 3.63) is 35.9 Å². The minimum atomic E-state index is -0.990. The summed E-state index contributed by atoms with van der Waals surface area (Å²) < 4.78 is 6.38. The summed E-state index contributed by atoms with van der Waals surface area (Å²) >= 11 is 0. The Balaban J connectivity index is 1.36. The average Bonchev–Trinajstić information content (AvgIpc) is 3.34. The molecule has 5 rings (SSSR count). The molecule has 0 saturated heterocycles. The van der Waals surface area contributed by atoms with Crippen molar-refractivity contribution in [3.8, 4) is 0 Å². The van der Waals surface area contributed by atoms with Crippen LogP contribution in [-0.2, 0) is 20.7 Å². The number of carboxylic acid groups (broad SMARTS) is 1. The number of hydrogen-bond acceptors (Lipinski definition) is 4. The van der Waals surface area contributed by atoms with Gasteiger partial charge in [0.25, 0.3) is 0 Å². The number of aliphatic carboxylic acids is 1. The molecule has 246 valence electrons. The molecule has 10 atom stereocenters. The van der Waals surface area contributed by atoms with Crippen molar-refractivity contribution in [1.82, 2.24) is 0 Å². The lowest BCUT2D eigenvalue weighted by Gasteiger charge is -2.64. The molecule has 4 aliphatic carbocycles. The number of aliphatic hydroxyl groups excluding tert-OH is 1. The molecule has 5 heteroatoms. The third kappa shape index (κ3) is 6.38. The smallest absolute Gasteiger partial charge is 0.306 e. The first-order valence-corrected chi connectivity index (χ1v) is 18.0. The summed E-state index contributed by atoms with van der Waals surface area (Å²) in [7, 11) is 0. The zero-order chi connectivity index (χ0) is 31.7. The van der Waals surface area contributed by atoms with Gasteiger partial charge in [0.2, 0.25) is 0 Å². The van der Waals surface area contributed by atoms with Crippen LogP contribution in [-0.4, -0.2) is 34.4 Å². The summed E-state index contributed by atoms with van der Waals surface area (Å²) in [6.07, 6.45) is 13.6. The molecule has 0 aromatic heterocycles. The Morgan fingerprint density at radius 3 is 2.25 bits per heavy atom. The molecular weight excluding hydrogens is 548 g/mol. The fraction of sp³-hybridized carbons (Fsp3) is 0.795. The molecular formula is C39H60O5. The van der Waals surface area contributed by atoms with Crippen molar-refractivity contribution < 1.29 is 24.5 Å². The molecule has 4 aliphatic rings. The Morgan fingerprint density at radius 1 is 0.864 bits per heavy atom. The quantitative estimate of drug-likeness (QED) is 0.232. The number of carboxylic acids is 1. The van der Waals surface area contributed by atoms with Gasteiger partial charge in [-0.25, -0.2) is 0 Å². The predicted molar refractivity (Wildman–Crippen MR) is 175 cm³/mol. The Kier molecular flexibility index (Phi) is 10.2. The maximum atomic E-state index is 13.1. The Hall–Kier alpha value is -1.88. The Labute approximate surface area is 266 Å². The van der Waals surface area contributed by atoms with Crippen molar-refractivity contribution in [2.45, 2.75) is 130 Å². The number of fused-ring (bicyclic) bond motifs is 5. The van der Waals surface area contributed by atoms with E-state index in [1.54, 1.807) is 0 Å². The number of rotatable bonds is 12. The fourth-order valence-electron chi connectivity index (χ4n) is 11.7. The zero-order valence-corrected chi connectivity index (χ0v) is 28.2. The largest absolute Gasteiger partial charge is 0.481 e. The zero-order valence-electron chi connectivity index (χ0n) is 28.2. The van der Waals surface area contributed by atoms with Crippen molar-refractivity contribution in [3.63, 3.8) is 0 Å². The van der Waals surface area contributed by atoms with E-state index in [0.29, 0.717) is 17.8 Å². The highest BCUT2D eigenvalue weighted by atomic mass is 16.6. The van der Waals surface area contributed by atoms with Crippen LogP contribution in [0.4, 0.5) is 0 Å². The number of carbonyl (C=O) groups excluding carboxylic acids is 1. The molecule has 5 nitrogen and oxygen atoms in total. The van der Waals surface area contributed by atoms with Crippen LogP contribution < -0.4 is 0 Å². The SMILES string of the molecule is CC(C)CCCC(C)C1CCC2C3CCC4C(CO)C(Cc5ccccc5)(OC(=O)CCC(=O)O)CCC4(C)C3CCC12C. The molecule has 2 N–H and O–H groups in total. The molecule has 44 heavy (non-hydrogen) atoms. The van der Waals surface area contributed by atoms with Crippen molar-refractivity contribution >= 4 is 11.9 Å². The Bertz CT molecular complexity index is 1130. The van der Waals surface area contributed by atoms with Crippen molar-refractivity contribution in [2.24, 2.45) is 58.2 Å². The highest BCUT2D eigenvalue weighted by Gasteiger charge is 2.64. The van der Waals surface area contributed by atoms with Gasteiger partial charge >= 0.3 is 11.9 Å². The molecule has 4 saturated carbocycles. The molecule has 0 amide bonds. The van der Waals surface area contributed by atoms with E-state index in [2.05, 4.69) is 46.8 Å². The van der Waals surface area contributed by atoms with E-state index in [4.69, 9.17) is 4.74 Å². The average molecular weight is 609 g/mol. The van der Waals surface area contributed by atoms with Crippen LogP contribution in [0.5, 0.6) is 0 Å². The van der Waals surface area contributed by atoms with E-state index in [9.17, 15) is 19.8 Å². The van der Waals surface area contributed by atoms with Gasteiger partial charge in [-0.15, -0.1) is 0 Å². The summed E-state index contributed by atoms with van der Waals surface area (Å²) in [6.45, 7) is 12.4. The second kappa shape index (κ2) is 13.5. The summed E-state index contributed by atoms with van der Waals surface area (Å²) in [5, 5.41) is 20.3. The minimum absolute atomic E-state index is 0.00615. The van der Waals surface area contributed by atoms with Gasteiger partial charge in [0, 0.05) is 12.3 Å². The van der Waals surface area contributed by atoms with E-state index >= 15 is 0 Å². The first kappa shape index (κ1) is 33.5. The van der Waals surface area contributed by atoms with Crippen LogP contribution in [0.2, 0.25) is 0 Å². The van der Waals surface area contributed by atoms with Crippen LogP contribution in [0.3, 0.4) is 0 Å². The van der Waals surface area contributed by atoms with Crippen LogP contribution >= 0.6 is 0 Å². The van der Waals surface area contributed by atoms with Crippen LogP contribution in [0.15, 0.2) is 30.3 Å². The number of benzene rings is 1. The second-order valence-corrected chi connectivity index (χ2v) is 16.5. The van der Waals surface area contributed by atoms with Gasteiger partial charge in [-0.05, 0) is 109 Å². The topological polar surface area (TPSA) is 83.8 Å². The van der Waals surface area contributed by atoms with Crippen LogP contribution in [0.1, 0.15) is 124 Å². The van der Waals surface area contributed by atoms with Gasteiger partial charge in [0.05, 0.1) is 19.4 Å². The monoisotopic (exact) mass is 608 g/mol. The summed E-state index contributed by atoms with van der Waals surface area (Å²) in [5.74, 6) is 3.33. The minimum Gasteiger partial charge on any atom is -0.481 e. The number of carbonyl (C=O) groups is 2. The summed E-state index contributed by atoms with van der Waals surface area (Å²) in [5.41, 5.74) is 0.855. The lowest BCUT2D eigenvalue weighted by molar-refractivity contribution is -0.213. The van der Waals surface area contributed by atoms with Crippen molar-refractivity contribution in [2.75, 3.05) is 6.61 Å². The first-order valence-electron chi connectivity index (χ1n) is 18.0. The molecule has 1 aromatic carbocycles. The van der Waals surface area contributed by atoms with E-state index in [-0.39, 0.29) is 36.7 Å². The molecule has 1 aromatic rings. The summed E-state index contributed by atoms with van der Waals surface area (Å²) in [6, 6.07) is 10.2. The molecule has 10 unspecified atom stereocenters. The normalized spacial score (nSPS) is 38.8. The van der Waals surface area contributed by atoms with Gasteiger partial charge in [0.15, 0.2) is 0 Å². The van der Waals surface area contributed by atoms with Gasteiger partial charge in [-0.1, -0.05) is 84.2 Å². The van der Waals surface area contributed by atoms with Crippen LogP contribution in [0.25, 0.3) is 0 Å². The number of esters is 1. The highest BCUT2D eigenvalue weighted by Crippen LogP contribution is 2.70. The summed E-state index contributed by atoms with van der Waals surface area (Å²) in [4.78, 5) is 24.4. The number of aliphatic hydroxyl groups is 1. The lowest BCUT2D eigenvalue weighted by atomic mass is 9.41. The standard InChI is InChI=1S/C39H60O5/c1-26(2)10-9-11-27(3)30-16-17-31-29-14-15-33-34(25-40)39(24-28-12-7-6-8-13-28,44-36(43)19-18-35(41)42)23-22-38(33,5)32(29)20-21-37(30,31)4/h6-8,12-13,26-27,29-34,40H,9-11,14-25H2,1-5H3,(H,41,42). The van der Waals surface area contributed by atoms with Crippen molar-refractivity contribution in [1.29, 1.82) is 0 Å². The van der Waals surface area contributed by atoms with E-state index in [1.165, 1.54) is 51.4 Å². The van der Waals surface area contributed by atoms with Gasteiger partial charge in [-0.3, -0.25) is 9.59 Å². The highest BCUT2D eigenvalue weighted by molar-refractivity contribution is 5.76. The molecule has 0 radical (unpaired) electrons. The first-order chi connectivity index (χ1) is 20.9. The predicted octanol–water partition coefficient (Wildman–Crippen LogP) is 8.72. The maximum Gasteiger partial charge on any atom is 0.306 e. The van der Waals surface area contributed by atoms with Gasteiger partial charge in [0.1, 0.15) is 5.60 Å². The third-order valence-corrected chi connectivity index (χ3v) is 13.8. The second-order valence-electron chi connectivity index (χ2n) is 16.5. The van der Waals surface area contributed by atoms with E-state index in [1.807, 2.05) is 18.2 Å². The lowest BCUT2D eigenvalue weighted by Crippen LogP contribution is -2.62. The molecule has 0 spiro atoms. The maximum absolute atomic E-state index is 13.1. The van der Waals surface area contributed by atoms with Crippen LogP contribution in [0, 0.1) is 58.2 Å². The van der Waals surface area contributed by atoms with E-state index < -0.39 is 17.5 Å². The van der Waals surface area contributed by atoms with Gasteiger partial charge < -0.3 is 14.9 Å². The molecule has 0 aliphatic heterocycles. The number of hydrogen-bond donors (Lipinski definition) is 2. The Morgan fingerprint density at radius 2 is 1.57 bits per heavy atom. The van der Waals surface area contributed by atoms with E-state index in [0.717, 1.165) is 54.4 Å². The van der Waals surface area contributed by atoms with Gasteiger partial charge in [-0.2, -0.15) is 0 Å². The molecule has 0 bridgehead atoms. The third-order valence-electron chi connectivity index (χ3n) is 13.8. The number of ether oxygens (including phenoxy) is 1.